The van der Waals surface area contributed by atoms with E-state index in [1.165, 1.54) is 13.5 Å². The van der Waals surface area contributed by atoms with E-state index in [1.807, 2.05) is 17.0 Å². The Balaban J connectivity index is 1.85. The monoisotopic (exact) mass is 319 g/mol. The Morgan fingerprint density at radius 3 is 2.61 bits per heavy atom. The second-order valence-electron chi connectivity index (χ2n) is 5.83. The molecule has 1 amide bonds. The van der Waals surface area contributed by atoms with Crippen molar-refractivity contribution in [1.29, 1.82) is 0 Å². The number of ether oxygens (including phenoxy) is 2. The van der Waals surface area contributed by atoms with Crippen molar-refractivity contribution in [3.63, 3.8) is 0 Å². The molecule has 2 rings (SSSR count). The minimum Gasteiger partial charge on any atom is -0.484 e. The summed E-state index contributed by atoms with van der Waals surface area (Å²) in [5, 5.41) is 0. The fourth-order valence-electron chi connectivity index (χ4n) is 2.92. The Morgan fingerprint density at radius 1 is 1.22 bits per heavy atom. The van der Waals surface area contributed by atoms with Gasteiger partial charge < -0.3 is 14.4 Å². The van der Waals surface area contributed by atoms with Gasteiger partial charge >= 0.3 is 5.97 Å². The van der Waals surface area contributed by atoms with Gasteiger partial charge in [-0.3, -0.25) is 9.59 Å². The predicted molar refractivity (Wildman–Crippen MR) is 87.3 cm³/mol. The largest absolute Gasteiger partial charge is 0.484 e. The van der Waals surface area contributed by atoms with Gasteiger partial charge in [-0.15, -0.1) is 0 Å². The summed E-state index contributed by atoms with van der Waals surface area (Å²) in [6.45, 7) is 3.02. The van der Waals surface area contributed by atoms with E-state index in [-0.39, 0.29) is 24.9 Å². The highest BCUT2D eigenvalue weighted by Gasteiger charge is 2.25. The fraction of sp³-hybridized carbons (Fsp3) is 0.556. The first-order chi connectivity index (χ1) is 11.1. The average molecular weight is 319 g/mol. The second kappa shape index (κ2) is 8.56. The number of methoxy groups -OCH3 is 1. The average Bonchev–Trinajstić information content (AvgIpc) is 2.60. The topological polar surface area (TPSA) is 55.8 Å². The molecule has 1 fully saturated rings. The number of hydrogen-bond acceptors (Lipinski definition) is 4. The maximum absolute atomic E-state index is 12.3. The Kier molecular flexibility index (Phi) is 6.44. The Hall–Kier alpha value is -2.04. The fourth-order valence-corrected chi connectivity index (χ4v) is 2.92. The van der Waals surface area contributed by atoms with E-state index in [1.54, 1.807) is 12.1 Å². The first-order valence-electron chi connectivity index (χ1n) is 8.22. The van der Waals surface area contributed by atoms with Crippen molar-refractivity contribution in [2.45, 2.75) is 45.1 Å². The summed E-state index contributed by atoms with van der Waals surface area (Å²) < 4.78 is 10.2. The number of nitrogens with zero attached hydrogens (tertiary/aromatic N) is 1. The van der Waals surface area contributed by atoms with Crippen molar-refractivity contribution in [3.05, 3.63) is 29.8 Å². The molecule has 5 heteroatoms. The number of esters is 1. The van der Waals surface area contributed by atoms with Crippen LogP contribution in [0.4, 0.5) is 0 Å². The van der Waals surface area contributed by atoms with Gasteiger partial charge in [-0.1, -0.05) is 19.1 Å². The van der Waals surface area contributed by atoms with E-state index < -0.39 is 0 Å². The summed E-state index contributed by atoms with van der Waals surface area (Å²) >= 11 is 0. The summed E-state index contributed by atoms with van der Waals surface area (Å²) in [4.78, 5) is 25.5. The number of piperidine rings is 1. The molecule has 126 valence electrons. The zero-order valence-corrected chi connectivity index (χ0v) is 13.9. The molecule has 23 heavy (non-hydrogen) atoms. The van der Waals surface area contributed by atoms with Gasteiger partial charge in [0.2, 0.25) is 0 Å². The van der Waals surface area contributed by atoms with Crippen LogP contribution in [0.2, 0.25) is 0 Å². The lowest BCUT2D eigenvalue weighted by Gasteiger charge is -2.35. The number of benzene rings is 1. The molecule has 1 atom stereocenters. The minimum absolute atomic E-state index is 0.0511. The summed E-state index contributed by atoms with van der Waals surface area (Å²) in [6, 6.07) is 7.53. The van der Waals surface area contributed by atoms with Gasteiger partial charge in [0, 0.05) is 12.6 Å². The molecule has 0 unspecified atom stereocenters. The van der Waals surface area contributed by atoms with Crippen molar-refractivity contribution in [3.8, 4) is 5.75 Å². The second-order valence-corrected chi connectivity index (χ2v) is 5.83. The SMILES string of the molecule is CC[C@H]1CCCCN1C(=O)COc1ccc(CC(=O)OC)cc1. The van der Waals surface area contributed by atoms with E-state index in [4.69, 9.17) is 4.74 Å². The summed E-state index contributed by atoms with van der Waals surface area (Å²) in [5.74, 6) is 0.414. The number of rotatable bonds is 6. The van der Waals surface area contributed by atoms with Gasteiger partial charge in [0.05, 0.1) is 13.5 Å². The molecular weight excluding hydrogens is 294 g/mol. The van der Waals surface area contributed by atoms with Gasteiger partial charge in [0.1, 0.15) is 5.75 Å². The van der Waals surface area contributed by atoms with Crippen LogP contribution in [0.3, 0.4) is 0 Å². The number of likely N-dealkylation sites (tertiary alicyclic amines) is 1. The molecule has 0 saturated carbocycles. The van der Waals surface area contributed by atoms with Gasteiger partial charge in [-0.25, -0.2) is 0 Å². The first-order valence-corrected chi connectivity index (χ1v) is 8.22. The molecule has 0 aliphatic carbocycles. The Labute approximate surface area is 137 Å². The molecule has 1 aromatic rings. The Bertz CT molecular complexity index is 526. The van der Waals surface area contributed by atoms with Crippen molar-refractivity contribution in [1.82, 2.24) is 4.90 Å². The van der Waals surface area contributed by atoms with Crippen LogP contribution in [-0.2, 0) is 20.7 Å². The van der Waals surface area contributed by atoms with E-state index in [0.717, 1.165) is 31.4 Å². The highest BCUT2D eigenvalue weighted by molar-refractivity contribution is 5.78. The molecule has 1 heterocycles. The summed E-state index contributed by atoms with van der Waals surface area (Å²) in [7, 11) is 1.37. The van der Waals surface area contributed by atoms with Crippen LogP contribution in [0.1, 0.15) is 38.2 Å². The molecule has 0 N–H and O–H groups in total. The summed E-state index contributed by atoms with van der Waals surface area (Å²) in [6.07, 6.45) is 4.59. The first kappa shape index (κ1) is 17.3. The maximum atomic E-state index is 12.3. The molecule has 0 bridgehead atoms. The highest BCUT2D eigenvalue weighted by atomic mass is 16.5. The van der Waals surface area contributed by atoms with Gasteiger partial charge in [0.15, 0.2) is 6.61 Å². The molecular formula is C18H25NO4. The predicted octanol–water partition coefficient (Wildman–Crippen LogP) is 2.57. The normalized spacial score (nSPS) is 17.7. The van der Waals surface area contributed by atoms with E-state index in [0.29, 0.717) is 11.8 Å². The van der Waals surface area contributed by atoms with Crippen molar-refractivity contribution >= 4 is 11.9 Å². The zero-order chi connectivity index (χ0) is 16.7. The van der Waals surface area contributed by atoms with Gasteiger partial charge in [-0.2, -0.15) is 0 Å². The number of carbonyl (C=O) groups is 2. The zero-order valence-electron chi connectivity index (χ0n) is 13.9. The summed E-state index contributed by atoms with van der Waals surface area (Å²) in [5.41, 5.74) is 0.859. The molecule has 0 radical (unpaired) electrons. The third-order valence-electron chi connectivity index (χ3n) is 4.28. The number of hydrogen-bond donors (Lipinski definition) is 0. The molecule has 5 nitrogen and oxygen atoms in total. The highest BCUT2D eigenvalue weighted by Crippen LogP contribution is 2.20. The van der Waals surface area contributed by atoms with Crippen LogP contribution in [0.5, 0.6) is 5.75 Å². The van der Waals surface area contributed by atoms with E-state index in [2.05, 4.69) is 11.7 Å². The van der Waals surface area contributed by atoms with Crippen LogP contribution >= 0.6 is 0 Å². The third kappa shape index (κ3) is 4.98. The molecule has 1 aliphatic heterocycles. The number of carbonyl (C=O) groups excluding carboxylic acids is 2. The van der Waals surface area contributed by atoms with Crippen LogP contribution in [0, 0.1) is 0 Å². The third-order valence-corrected chi connectivity index (χ3v) is 4.28. The van der Waals surface area contributed by atoms with Gasteiger partial charge in [0.25, 0.3) is 5.91 Å². The lowest BCUT2D eigenvalue weighted by atomic mass is 10.00. The van der Waals surface area contributed by atoms with Crippen LogP contribution in [0.15, 0.2) is 24.3 Å². The maximum Gasteiger partial charge on any atom is 0.309 e. The molecule has 0 aromatic heterocycles. The van der Waals surface area contributed by atoms with Gasteiger partial charge in [-0.05, 0) is 43.4 Å². The van der Waals surface area contributed by atoms with Crippen molar-refractivity contribution in [2.75, 3.05) is 20.3 Å². The quantitative estimate of drug-likeness (QED) is 0.756. The lowest BCUT2D eigenvalue weighted by Crippen LogP contribution is -2.45. The minimum atomic E-state index is -0.274. The van der Waals surface area contributed by atoms with Crippen LogP contribution < -0.4 is 4.74 Å². The lowest BCUT2D eigenvalue weighted by molar-refractivity contribution is -0.140. The van der Waals surface area contributed by atoms with E-state index in [9.17, 15) is 9.59 Å². The van der Waals surface area contributed by atoms with Crippen LogP contribution in [0.25, 0.3) is 0 Å². The molecule has 1 saturated heterocycles. The number of amides is 1. The van der Waals surface area contributed by atoms with Crippen LogP contribution in [-0.4, -0.2) is 43.1 Å². The molecule has 1 aliphatic rings. The Morgan fingerprint density at radius 2 is 1.96 bits per heavy atom. The molecule has 0 spiro atoms. The van der Waals surface area contributed by atoms with Crippen molar-refractivity contribution < 1.29 is 19.1 Å². The van der Waals surface area contributed by atoms with E-state index >= 15 is 0 Å². The standard InChI is InChI=1S/C18H25NO4/c1-3-15-6-4-5-11-19(15)17(20)13-23-16-9-7-14(8-10-16)12-18(21)22-2/h7-10,15H,3-6,11-13H2,1-2H3/t15-/m0/s1. The smallest absolute Gasteiger partial charge is 0.309 e. The molecule has 1 aromatic carbocycles. The van der Waals surface area contributed by atoms with Crippen molar-refractivity contribution in [2.24, 2.45) is 0 Å².